The quantitative estimate of drug-likeness (QED) is 0.428. The fourth-order valence-electron chi connectivity index (χ4n) is 1.92. The van der Waals surface area contributed by atoms with Crippen molar-refractivity contribution < 1.29 is 4.92 Å². The van der Waals surface area contributed by atoms with Crippen LogP contribution < -0.4 is 4.90 Å². The van der Waals surface area contributed by atoms with E-state index in [1.807, 2.05) is 17.3 Å². The molecule has 1 aromatic carbocycles. The summed E-state index contributed by atoms with van der Waals surface area (Å²) in [6, 6.07) is 6.85. The first-order valence-corrected chi connectivity index (χ1v) is 7.99. The minimum Gasteiger partial charge on any atom is -0.369 e. The predicted molar refractivity (Wildman–Crippen MR) is 86.8 cm³/mol. The molecule has 0 aliphatic carbocycles. The van der Waals surface area contributed by atoms with Gasteiger partial charge in [0.2, 0.25) is 0 Å². The highest BCUT2D eigenvalue weighted by atomic mass is 79.9. The van der Waals surface area contributed by atoms with Gasteiger partial charge in [-0.15, -0.1) is 22.9 Å². The van der Waals surface area contributed by atoms with Crippen molar-refractivity contribution in [1.82, 2.24) is 0 Å². The summed E-state index contributed by atoms with van der Waals surface area (Å²) in [5.74, 6) is 0.246. The highest BCUT2D eigenvalue weighted by molar-refractivity contribution is 9.10. The highest BCUT2D eigenvalue weighted by Crippen LogP contribution is 2.29. The van der Waals surface area contributed by atoms with E-state index in [9.17, 15) is 10.1 Å². The van der Waals surface area contributed by atoms with Crippen molar-refractivity contribution in [3.63, 3.8) is 0 Å². The van der Waals surface area contributed by atoms with Crippen molar-refractivity contribution in [2.75, 3.05) is 11.9 Å². The topological polar surface area (TPSA) is 46.4 Å². The molecule has 0 aliphatic heterocycles. The van der Waals surface area contributed by atoms with Gasteiger partial charge in [-0.2, -0.15) is 0 Å². The smallest absolute Gasteiger partial charge is 0.269 e. The van der Waals surface area contributed by atoms with Crippen molar-refractivity contribution in [2.45, 2.75) is 12.4 Å². The molecular weight excluding hydrogens is 364 g/mol. The van der Waals surface area contributed by atoms with Crippen molar-refractivity contribution in [3.05, 3.63) is 54.7 Å². The molecule has 20 heavy (non-hydrogen) atoms. The van der Waals surface area contributed by atoms with Gasteiger partial charge in [0.15, 0.2) is 0 Å². The zero-order valence-electron chi connectivity index (χ0n) is 10.7. The molecule has 2 aromatic rings. The molecule has 0 unspecified atom stereocenters. The molecule has 0 aliphatic rings. The number of nitro groups is 1. The average Bonchev–Trinajstić information content (AvgIpc) is 2.83. The maximum absolute atomic E-state index is 10.8. The second-order valence-corrected chi connectivity index (χ2v) is 6.47. The number of anilines is 1. The molecule has 0 fully saturated rings. The Bertz CT molecular complexity index is 633. The Morgan fingerprint density at radius 2 is 2.20 bits per heavy atom. The van der Waals surface area contributed by atoms with E-state index in [4.69, 9.17) is 11.6 Å². The molecule has 0 bridgehead atoms. The van der Waals surface area contributed by atoms with E-state index in [0.29, 0.717) is 0 Å². The van der Waals surface area contributed by atoms with Gasteiger partial charge >= 0.3 is 0 Å². The molecule has 0 spiro atoms. The van der Waals surface area contributed by atoms with Gasteiger partial charge < -0.3 is 4.90 Å². The van der Waals surface area contributed by atoms with E-state index >= 15 is 0 Å². The third-order valence-corrected chi connectivity index (χ3v) is 4.81. The Balaban J connectivity index is 2.24. The molecule has 0 amide bonds. The number of thiophene rings is 1. The van der Waals surface area contributed by atoms with E-state index in [-0.39, 0.29) is 11.6 Å². The summed E-state index contributed by atoms with van der Waals surface area (Å²) in [4.78, 5) is 13.6. The molecular formula is C13H12BrClN2O2S. The number of non-ortho nitro benzene ring substituents is 1. The van der Waals surface area contributed by atoms with Gasteiger partial charge in [0.1, 0.15) is 0 Å². The largest absolute Gasteiger partial charge is 0.369 e. The summed E-state index contributed by atoms with van der Waals surface area (Å²) in [5, 5.41) is 12.8. The molecule has 106 valence electrons. The number of benzene rings is 1. The van der Waals surface area contributed by atoms with Crippen LogP contribution in [0.25, 0.3) is 0 Å². The van der Waals surface area contributed by atoms with Crippen LogP contribution in [0.3, 0.4) is 0 Å². The molecule has 4 nitrogen and oxygen atoms in total. The summed E-state index contributed by atoms with van der Waals surface area (Å²) in [6.45, 7) is 0.734. The monoisotopic (exact) mass is 374 g/mol. The molecule has 0 atom stereocenters. The van der Waals surface area contributed by atoms with E-state index < -0.39 is 4.92 Å². The van der Waals surface area contributed by atoms with Crippen LogP contribution in [-0.2, 0) is 12.4 Å². The Morgan fingerprint density at radius 3 is 2.75 bits per heavy atom. The van der Waals surface area contributed by atoms with E-state index in [2.05, 4.69) is 22.0 Å². The van der Waals surface area contributed by atoms with Crippen LogP contribution >= 0.6 is 38.9 Å². The molecule has 0 N–H and O–H groups in total. The molecule has 1 heterocycles. The Morgan fingerprint density at radius 1 is 1.45 bits per heavy atom. The summed E-state index contributed by atoms with van der Waals surface area (Å²) in [5.41, 5.74) is 1.74. The molecule has 7 heteroatoms. The van der Waals surface area contributed by atoms with Gasteiger partial charge in [0, 0.05) is 45.5 Å². The lowest BCUT2D eigenvalue weighted by Gasteiger charge is -2.21. The number of rotatable bonds is 5. The number of nitrogens with zero attached hydrogens (tertiary/aromatic N) is 2. The Hall–Kier alpha value is -1.11. The van der Waals surface area contributed by atoms with Gasteiger partial charge in [-0.1, -0.05) is 0 Å². The zero-order chi connectivity index (χ0) is 14.7. The summed E-state index contributed by atoms with van der Waals surface area (Å²) >= 11 is 11.0. The van der Waals surface area contributed by atoms with Crippen LogP contribution in [0.4, 0.5) is 11.4 Å². The van der Waals surface area contributed by atoms with E-state index in [1.165, 1.54) is 17.0 Å². The van der Waals surface area contributed by atoms with Crippen LogP contribution in [0.2, 0.25) is 0 Å². The second-order valence-electron chi connectivity index (χ2n) is 4.29. The first kappa shape index (κ1) is 15.3. The van der Waals surface area contributed by atoms with Gasteiger partial charge in [0.05, 0.1) is 11.5 Å². The molecule has 0 radical (unpaired) electrons. The maximum atomic E-state index is 10.8. The molecule has 1 aromatic heterocycles. The second kappa shape index (κ2) is 6.56. The minimum atomic E-state index is -0.407. The lowest BCUT2D eigenvalue weighted by molar-refractivity contribution is -0.384. The van der Waals surface area contributed by atoms with Gasteiger partial charge in [-0.05, 0) is 33.6 Å². The third kappa shape index (κ3) is 3.50. The van der Waals surface area contributed by atoms with Crippen molar-refractivity contribution in [2.24, 2.45) is 0 Å². The van der Waals surface area contributed by atoms with Gasteiger partial charge in [-0.25, -0.2) is 0 Å². The van der Waals surface area contributed by atoms with Crippen LogP contribution in [0.15, 0.2) is 34.1 Å². The van der Waals surface area contributed by atoms with E-state index in [1.54, 1.807) is 17.4 Å². The number of halogens is 2. The lowest BCUT2D eigenvalue weighted by atomic mass is 10.1. The van der Waals surface area contributed by atoms with Crippen molar-refractivity contribution >= 4 is 50.2 Å². The van der Waals surface area contributed by atoms with Gasteiger partial charge in [0.25, 0.3) is 5.69 Å². The normalized spacial score (nSPS) is 10.6. The molecule has 0 saturated carbocycles. The predicted octanol–water partition coefficient (Wildman–Crippen LogP) is 4.79. The maximum Gasteiger partial charge on any atom is 0.269 e. The number of hydrogen-bond acceptors (Lipinski definition) is 4. The standard InChI is InChI=1S/C13H12BrClN2O2S/c1-16(7-12-5-10(14)8-20-12)13-3-2-11(17(18)19)4-9(13)6-15/h2-5,8H,6-7H2,1H3. The summed E-state index contributed by atoms with van der Waals surface area (Å²) in [6.07, 6.45) is 0. The average molecular weight is 376 g/mol. The first-order valence-electron chi connectivity index (χ1n) is 5.78. The number of hydrogen-bond donors (Lipinski definition) is 0. The van der Waals surface area contributed by atoms with Crippen molar-refractivity contribution in [3.8, 4) is 0 Å². The Kier molecular flexibility index (Phi) is 5.01. The fourth-order valence-corrected chi connectivity index (χ4v) is 3.64. The summed E-state index contributed by atoms with van der Waals surface area (Å²) in [7, 11) is 1.95. The summed E-state index contributed by atoms with van der Waals surface area (Å²) < 4.78 is 1.06. The minimum absolute atomic E-state index is 0.0664. The zero-order valence-corrected chi connectivity index (χ0v) is 13.8. The van der Waals surface area contributed by atoms with E-state index in [0.717, 1.165) is 22.3 Å². The van der Waals surface area contributed by atoms with Gasteiger partial charge in [-0.3, -0.25) is 10.1 Å². The van der Waals surface area contributed by atoms with Crippen LogP contribution in [0, 0.1) is 10.1 Å². The fraction of sp³-hybridized carbons (Fsp3) is 0.231. The highest BCUT2D eigenvalue weighted by Gasteiger charge is 2.13. The first-order chi connectivity index (χ1) is 9.51. The number of alkyl halides is 1. The molecule has 2 rings (SSSR count). The SMILES string of the molecule is CN(Cc1cc(Br)cs1)c1ccc([N+](=O)[O-])cc1CCl. The third-order valence-electron chi connectivity index (χ3n) is 2.84. The lowest BCUT2D eigenvalue weighted by Crippen LogP contribution is -2.17. The van der Waals surface area contributed by atoms with Crippen LogP contribution in [-0.4, -0.2) is 12.0 Å². The van der Waals surface area contributed by atoms with Crippen LogP contribution in [0.1, 0.15) is 10.4 Å². The molecule has 0 saturated heterocycles. The number of nitro benzene ring substituents is 1. The van der Waals surface area contributed by atoms with Crippen molar-refractivity contribution in [1.29, 1.82) is 0 Å². The Labute approximate surface area is 134 Å². The van der Waals surface area contributed by atoms with Crippen LogP contribution in [0.5, 0.6) is 0 Å².